The van der Waals surface area contributed by atoms with E-state index >= 15 is 0 Å². The first-order valence-corrected chi connectivity index (χ1v) is 9.49. The fraction of sp³-hybridized carbons (Fsp3) is 0.611. The molecule has 2 aliphatic rings. The summed E-state index contributed by atoms with van der Waals surface area (Å²) in [5.41, 5.74) is 1.31. The smallest absolute Gasteiger partial charge is 0.191 e. The maximum Gasteiger partial charge on any atom is 0.191 e. The first-order valence-electron chi connectivity index (χ1n) is 8.50. The van der Waals surface area contributed by atoms with Gasteiger partial charge in [0.25, 0.3) is 0 Å². The Balaban J connectivity index is 0.00000208. The van der Waals surface area contributed by atoms with Gasteiger partial charge in [-0.2, -0.15) is 11.8 Å². The molecule has 6 heteroatoms. The normalized spacial score (nSPS) is 26.1. The van der Waals surface area contributed by atoms with Crippen molar-refractivity contribution in [3.63, 3.8) is 0 Å². The molecule has 0 saturated carbocycles. The quantitative estimate of drug-likeness (QED) is 0.409. The maximum atomic E-state index is 5.74. The Labute approximate surface area is 166 Å². The number of hydrogen-bond donors (Lipinski definition) is 2. The van der Waals surface area contributed by atoms with E-state index in [-0.39, 0.29) is 24.0 Å². The van der Waals surface area contributed by atoms with E-state index in [2.05, 4.69) is 52.5 Å². The van der Waals surface area contributed by atoms with Crippen molar-refractivity contribution in [3.05, 3.63) is 29.8 Å². The number of benzene rings is 1. The van der Waals surface area contributed by atoms with Crippen LogP contribution in [0.5, 0.6) is 5.75 Å². The lowest BCUT2D eigenvalue weighted by atomic mass is 9.93. The van der Waals surface area contributed by atoms with Crippen LogP contribution in [0.2, 0.25) is 0 Å². The molecule has 1 aromatic rings. The summed E-state index contributed by atoms with van der Waals surface area (Å²) in [4.78, 5) is 4.37. The topological polar surface area (TPSA) is 45.7 Å². The average Bonchev–Trinajstić information content (AvgIpc) is 3.02. The molecule has 4 nitrogen and oxygen atoms in total. The molecule has 3 rings (SSSR count). The second kappa shape index (κ2) is 9.17. The van der Waals surface area contributed by atoms with Crippen LogP contribution in [-0.2, 0) is 0 Å². The van der Waals surface area contributed by atoms with Crippen LogP contribution in [0.15, 0.2) is 29.3 Å². The summed E-state index contributed by atoms with van der Waals surface area (Å²) in [6, 6.07) is 8.36. The summed E-state index contributed by atoms with van der Waals surface area (Å²) < 4.78 is 6.09. The number of halogens is 1. The van der Waals surface area contributed by atoms with E-state index in [1.807, 2.05) is 13.1 Å². The molecule has 0 spiro atoms. The summed E-state index contributed by atoms with van der Waals surface area (Å²) in [5.74, 6) is 3.70. The molecular formula is C18H28IN3OS. The minimum absolute atomic E-state index is 0. The van der Waals surface area contributed by atoms with Crippen LogP contribution in [0.4, 0.5) is 0 Å². The van der Waals surface area contributed by atoms with E-state index in [1.54, 1.807) is 0 Å². The highest BCUT2D eigenvalue weighted by atomic mass is 127. The fourth-order valence-electron chi connectivity index (χ4n) is 3.32. The third kappa shape index (κ3) is 4.94. The van der Waals surface area contributed by atoms with Gasteiger partial charge in [-0.25, -0.2) is 0 Å². The van der Waals surface area contributed by atoms with Crippen molar-refractivity contribution in [2.75, 3.05) is 32.5 Å². The lowest BCUT2D eigenvalue weighted by molar-refractivity contribution is 0.267. The molecule has 2 heterocycles. The van der Waals surface area contributed by atoms with Gasteiger partial charge in [-0.15, -0.1) is 24.0 Å². The molecule has 2 N–H and O–H groups in total. The number of nitrogens with zero attached hydrogens (tertiary/aromatic N) is 1. The van der Waals surface area contributed by atoms with Crippen LogP contribution in [0, 0.1) is 0 Å². The molecule has 2 unspecified atom stereocenters. The van der Waals surface area contributed by atoms with Crippen molar-refractivity contribution in [1.29, 1.82) is 0 Å². The maximum absolute atomic E-state index is 5.74. The number of thioether (sulfide) groups is 1. The predicted molar refractivity (Wildman–Crippen MR) is 114 cm³/mol. The zero-order valence-corrected chi connectivity index (χ0v) is 17.7. The molecule has 1 aromatic carbocycles. The molecule has 2 aliphatic heterocycles. The predicted octanol–water partition coefficient (Wildman–Crippen LogP) is 3.62. The first kappa shape index (κ1) is 19.7. The van der Waals surface area contributed by atoms with Gasteiger partial charge in [0.15, 0.2) is 5.96 Å². The Morgan fingerprint density at radius 3 is 2.96 bits per heavy atom. The van der Waals surface area contributed by atoms with Gasteiger partial charge in [0.1, 0.15) is 5.75 Å². The molecule has 0 amide bonds. The van der Waals surface area contributed by atoms with Crippen LogP contribution in [0.1, 0.15) is 37.7 Å². The Morgan fingerprint density at radius 2 is 2.21 bits per heavy atom. The Kier molecular flexibility index (Phi) is 7.53. The number of hydrogen-bond acceptors (Lipinski definition) is 3. The van der Waals surface area contributed by atoms with Gasteiger partial charge >= 0.3 is 0 Å². The fourth-order valence-corrected chi connectivity index (χ4v) is 4.56. The molecule has 0 bridgehead atoms. The van der Waals surface area contributed by atoms with E-state index in [0.717, 1.165) is 37.8 Å². The number of guanidine groups is 1. The first-order chi connectivity index (χ1) is 11.2. The molecule has 1 saturated heterocycles. The van der Waals surface area contributed by atoms with Crippen LogP contribution in [0.3, 0.4) is 0 Å². The molecule has 0 aliphatic carbocycles. The van der Waals surface area contributed by atoms with Crippen molar-refractivity contribution in [3.8, 4) is 5.75 Å². The second-order valence-electron chi connectivity index (χ2n) is 6.58. The number of nitrogens with one attached hydrogen (secondary N) is 2. The zero-order valence-electron chi connectivity index (χ0n) is 14.5. The van der Waals surface area contributed by atoms with Crippen molar-refractivity contribution >= 4 is 41.7 Å². The lowest BCUT2D eigenvalue weighted by Crippen LogP contribution is -2.45. The van der Waals surface area contributed by atoms with Gasteiger partial charge in [0, 0.05) is 30.8 Å². The minimum atomic E-state index is 0. The zero-order chi connectivity index (χ0) is 16.1. The van der Waals surface area contributed by atoms with E-state index in [0.29, 0.717) is 10.7 Å². The van der Waals surface area contributed by atoms with Gasteiger partial charge in [0.05, 0.1) is 6.61 Å². The van der Waals surface area contributed by atoms with E-state index in [1.165, 1.54) is 24.2 Å². The highest BCUT2D eigenvalue weighted by Gasteiger charge is 2.29. The van der Waals surface area contributed by atoms with E-state index in [9.17, 15) is 0 Å². The summed E-state index contributed by atoms with van der Waals surface area (Å²) in [7, 11) is 1.84. The van der Waals surface area contributed by atoms with Crippen molar-refractivity contribution in [1.82, 2.24) is 10.6 Å². The lowest BCUT2D eigenvalue weighted by Gasteiger charge is -2.28. The number of fused-ring (bicyclic) bond motifs is 1. The van der Waals surface area contributed by atoms with E-state index in [4.69, 9.17) is 4.74 Å². The molecule has 2 atom stereocenters. The van der Waals surface area contributed by atoms with Crippen LogP contribution >= 0.6 is 35.7 Å². The van der Waals surface area contributed by atoms with Gasteiger partial charge in [-0.05, 0) is 43.6 Å². The van der Waals surface area contributed by atoms with Crippen molar-refractivity contribution in [2.45, 2.75) is 36.9 Å². The monoisotopic (exact) mass is 461 g/mol. The van der Waals surface area contributed by atoms with Gasteiger partial charge in [-0.3, -0.25) is 4.99 Å². The van der Waals surface area contributed by atoms with E-state index < -0.39 is 0 Å². The third-order valence-electron chi connectivity index (χ3n) is 4.75. The minimum Gasteiger partial charge on any atom is -0.493 e. The number of para-hydroxylation sites is 1. The summed E-state index contributed by atoms with van der Waals surface area (Å²) in [5, 5.41) is 7.00. The standard InChI is InChI=1S/C18H27N3OS.HI/c1-18(9-5-11-23-18)13-21-17(19-2)20-12-14-8-10-22-16-7-4-3-6-15(14)16;/h3-4,6-7,14H,5,8-13H2,1-2H3,(H2,19,20,21);1H. The SMILES string of the molecule is CN=C(NCC1CCOc2ccccc21)NCC1(C)CCCS1.I. The number of ether oxygens (including phenoxy) is 1. The average molecular weight is 461 g/mol. The van der Waals surface area contributed by atoms with Crippen molar-refractivity contribution in [2.24, 2.45) is 4.99 Å². The third-order valence-corrected chi connectivity index (χ3v) is 6.29. The summed E-state index contributed by atoms with van der Waals surface area (Å²) in [6.07, 6.45) is 3.66. The Morgan fingerprint density at radius 1 is 1.38 bits per heavy atom. The number of rotatable bonds is 4. The van der Waals surface area contributed by atoms with Gasteiger partial charge < -0.3 is 15.4 Å². The second-order valence-corrected chi connectivity index (χ2v) is 8.26. The molecule has 0 radical (unpaired) electrons. The molecule has 134 valence electrons. The highest BCUT2D eigenvalue weighted by Crippen LogP contribution is 2.37. The number of aliphatic imine (C=N–C) groups is 1. The molecule has 1 fully saturated rings. The molecular weight excluding hydrogens is 433 g/mol. The van der Waals surface area contributed by atoms with Crippen molar-refractivity contribution < 1.29 is 4.74 Å². The Bertz CT molecular complexity index is 561. The highest BCUT2D eigenvalue weighted by molar-refractivity contribution is 14.0. The van der Waals surface area contributed by atoms with Crippen LogP contribution < -0.4 is 15.4 Å². The molecule has 0 aromatic heterocycles. The van der Waals surface area contributed by atoms with Gasteiger partial charge in [-0.1, -0.05) is 18.2 Å². The summed E-state index contributed by atoms with van der Waals surface area (Å²) in [6.45, 7) is 5.01. The largest absolute Gasteiger partial charge is 0.493 e. The van der Waals surface area contributed by atoms with Crippen LogP contribution in [0.25, 0.3) is 0 Å². The Hall–Kier alpha value is -0.630. The summed E-state index contributed by atoms with van der Waals surface area (Å²) >= 11 is 2.07. The van der Waals surface area contributed by atoms with Gasteiger partial charge in [0.2, 0.25) is 0 Å². The molecule has 24 heavy (non-hydrogen) atoms. The van der Waals surface area contributed by atoms with Crippen LogP contribution in [-0.4, -0.2) is 43.2 Å².